The summed E-state index contributed by atoms with van der Waals surface area (Å²) in [5, 5.41) is 0. The highest BCUT2D eigenvalue weighted by atomic mass is 16.5. The molecule has 0 aliphatic heterocycles. The summed E-state index contributed by atoms with van der Waals surface area (Å²) in [7, 11) is 1.58. The Kier molecular flexibility index (Phi) is 2.93. The van der Waals surface area contributed by atoms with Gasteiger partial charge in [0.05, 0.1) is 18.3 Å². The molecular weight excluding hydrogens is 256 g/mol. The van der Waals surface area contributed by atoms with Crippen molar-refractivity contribution >= 4 is 16.7 Å². The molecule has 0 aliphatic carbocycles. The standard InChI is InChI=1S/C14H16N4O2/c1-4-7-17-10-5-6-11(20-3)16-13(10)18-8-15-9(2)12(18)14(17)19/h5-6,8H,4,7H2,1-3H3. The number of ether oxygens (including phenoxy) is 1. The first kappa shape index (κ1) is 12.7. The zero-order valence-corrected chi connectivity index (χ0v) is 11.8. The molecule has 6 nitrogen and oxygen atoms in total. The number of aromatic nitrogens is 4. The lowest BCUT2D eigenvalue weighted by molar-refractivity contribution is 0.399. The molecule has 104 valence electrons. The number of hydrogen-bond donors (Lipinski definition) is 0. The van der Waals surface area contributed by atoms with E-state index in [-0.39, 0.29) is 5.56 Å². The summed E-state index contributed by atoms with van der Waals surface area (Å²) >= 11 is 0. The van der Waals surface area contributed by atoms with Gasteiger partial charge in [0.25, 0.3) is 5.56 Å². The van der Waals surface area contributed by atoms with Gasteiger partial charge in [-0.2, -0.15) is 4.98 Å². The van der Waals surface area contributed by atoms with E-state index in [0.717, 1.165) is 11.9 Å². The summed E-state index contributed by atoms with van der Waals surface area (Å²) in [4.78, 5) is 21.3. The average Bonchev–Trinajstić information content (AvgIpc) is 2.85. The van der Waals surface area contributed by atoms with Crippen molar-refractivity contribution in [1.29, 1.82) is 0 Å². The van der Waals surface area contributed by atoms with Crippen LogP contribution in [-0.2, 0) is 6.54 Å². The lowest BCUT2D eigenvalue weighted by atomic mass is 10.3. The topological polar surface area (TPSA) is 61.4 Å². The van der Waals surface area contributed by atoms with Crippen molar-refractivity contribution in [1.82, 2.24) is 18.9 Å². The second kappa shape index (κ2) is 4.63. The van der Waals surface area contributed by atoms with E-state index in [1.54, 1.807) is 28.5 Å². The van der Waals surface area contributed by atoms with E-state index in [0.29, 0.717) is 29.3 Å². The maximum atomic E-state index is 12.6. The van der Waals surface area contributed by atoms with Crippen molar-refractivity contribution < 1.29 is 4.74 Å². The van der Waals surface area contributed by atoms with Gasteiger partial charge in [0.2, 0.25) is 5.88 Å². The first-order chi connectivity index (χ1) is 9.67. The van der Waals surface area contributed by atoms with Crippen LogP contribution in [-0.4, -0.2) is 26.0 Å². The van der Waals surface area contributed by atoms with E-state index in [1.807, 2.05) is 19.9 Å². The fourth-order valence-corrected chi connectivity index (χ4v) is 2.46. The first-order valence-corrected chi connectivity index (χ1v) is 6.58. The SMILES string of the molecule is CCCn1c(=O)c2c(C)ncn2c2nc(OC)ccc21. The molecule has 0 bridgehead atoms. The maximum absolute atomic E-state index is 12.6. The van der Waals surface area contributed by atoms with Gasteiger partial charge in [-0.05, 0) is 19.4 Å². The summed E-state index contributed by atoms with van der Waals surface area (Å²) in [5.74, 6) is 0.520. The maximum Gasteiger partial charge on any atom is 0.277 e. The molecule has 20 heavy (non-hydrogen) atoms. The van der Waals surface area contributed by atoms with E-state index in [1.165, 1.54) is 0 Å². The number of imidazole rings is 1. The normalized spacial score (nSPS) is 11.3. The Morgan fingerprint density at radius 2 is 2.15 bits per heavy atom. The largest absolute Gasteiger partial charge is 0.481 e. The van der Waals surface area contributed by atoms with Crippen LogP contribution < -0.4 is 10.3 Å². The number of aryl methyl sites for hydroxylation is 2. The molecule has 3 aromatic heterocycles. The van der Waals surface area contributed by atoms with E-state index in [2.05, 4.69) is 9.97 Å². The van der Waals surface area contributed by atoms with Crippen molar-refractivity contribution in [3.8, 4) is 5.88 Å². The molecule has 3 rings (SSSR count). The molecule has 0 saturated heterocycles. The van der Waals surface area contributed by atoms with Crippen LogP contribution in [0.15, 0.2) is 23.3 Å². The first-order valence-electron chi connectivity index (χ1n) is 6.58. The molecule has 0 radical (unpaired) electrons. The molecule has 3 heterocycles. The lowest BCUT2D eigenvalue weighted by Crippen LogP contribution is -2.23. The third-order valence-electron chi connectivity index (χ3n) is 3.40. The highest BCUT2D eigenvalue weighted by Crippen LogP contribution is 2.18. The Balaban J connectivity index is 2.53. The lowest BCUT2D eigenvalue weighted by Gasteiger charge is -2.11. The van der Waals surface area contributed by atoms with Crippen LogP contribution in [0.1, 0.15) is 19.0 Å². The molecule has 0 aromatic carbocycles. The number of rotatable bonds is 3. The number of methoxy groups -OCH3 is 1. The summed E-state index contributed by atoms with van der Waals surface area (Å²) in [6.07, 6.45) is 2.52. The van der Waals surface area contributed by atoms with Crippen LogP contribution in [0, 0.1) is 6.92 Å². The molecule has 3 aromatic rings. The monoisotopic (exact) mass is 272 g/mol. The molecular formula is C14H16N4O2. The van der Waals surface area contributed by atoms with E-state index in [9.17, 15) is 4.79 Å². The van der Waals surface area contributed by atoms with Crippen LogP contribution in [0.3, 0.4) is 0 Å². The van der Waals surface area contributed by atoms with Gasteiger partial charge in [0, 0.05) is 12.6 Å². The van der Waals surface area contributed by atoms with Crippen molar-refractivity contribution in [2.45, 2.75) is 26.8 Å². The fraction of sp³-hybridized carbons (Fsp3) is 0.357. The van der Waals surface area contributed by atoms with E-state index >= 15 is 0 Å². The van der Waals surface area contributed by atoms with Gasteiger partial charge in [-0.3, -0.25) is 9.20 Å². The molecule has 0 fully saturated rings. The molecule has 0 atom stereocenters. The zero-order valence-electron chi connectivity index (χ0n) is 11.8. The van der Waals surface area contributed by atoms with Crippen LogP contribution in [0.5, 0.6) is 5.88 Å². The molecule has 0 saturated carbocycles. The van der Waals surface area contributed by atoms with Gasteiger partial charge in [0.1, 0.15) is 11.8 Å². The van der Waals surface area contributed by atoms with Crippen LogP contribution in [0.4, 0.5) is 0 Å². The second-order valence-electron chi connectivity index (χ2n) is 4.70. The molecule has 0 spiro atoms. The van der Waals surface area contributed by atoms with Crippen molar-refractivity contribution in [2.75, 3.05) is 7.11 Å². The average molecular weight is 272 g/mol. The Bertz CT molecular complexity index is 848. The smallest absolute Gasteiger partial charge is 0.277 e. The minimum absolute atomic E-state index is 0.0266. The number of hydrogen-bond acceptors (Lipinski definition) is 4. The minimum atomic E-state index is -0.0266. The molecule has 6 heteroatoms. The molecule has 0 aliphatic rings. The van der Waals surface area contributed by atoms with Gasteiger partial charge >= 0.3 is 0 Å². The Morgan fingerprint density at radius 3 is 2.85 bits per heavy atom. The van der Waals surface area contributed by atoms with Crippen LogP contribution in [0.25, 0.3) is 16.7 Å². The van der Waals surface area contributed by atoms with Crippen LogP contribution >= 0.6 is 0 Å². The van der Waals surface area contributed by atoms with Crippen molar-refractivity contribution in [3.63, 3.8) is 0 Å². The highest BCUT2D eigenvalue weighted by Gasteiger charge is 2.14. The fourth-order valence-electron chi connectivity index (χ4n) is 2.46. The van der Waals surface area contributed by atoms with Gasteiger partial charge < -0.3 is 9.30 Å². The minimum Gasteiger partial charge on any atom is -0.481 e. The van der Waals surface area contributed by atoms with Crippen molar-refractivity contribution in [2.24, 2.45) is 0 Å². The van der Waals surface area contributed by atoms with E-state index < -0.39 is 0 Å². The molecule has 0 N–H and O–H groups in total. The highest BCUT2D eigenvalue weighted by molar-refractivity contribution is 5.76. The van der Waals surface area contributed by atoms with Crippen molar-refractivity contribution in [3.05, 3.63) is 34.5 Å². The number of pyridine rings is 1. The van der Waals surface area contributed by atoms with Gasteiger partial charge in [-0.25, -0.2) is 4.98 Å². The third kappa shape index (κ3) is 1.68. The second-order valence-corrected chi connectivity index (χ2v) is 4.70. The van der Waals surface area contributed by atoms with Gasteiger partial charge in [-0.1, -0.05) is 6.92 Å². The van der Waals surface area contributed by atoms with Crippen LogP contribution in [0.2, 0.25) is 0 Å². The molecule has 0 amide bonds. The predicted molar refractivity (Wildman–Crippen MR) is 76.3 cm³/mol. The summed E-state index contributed by atoms with van der Waals surface area (Å²) < 4.78 is 8.67. The summed E-state index contributed by atoms with van der Waals surface area (Å²) in [6.45, 7) is 4.53. The van der Waals surface area contributed by atoms with E-state index in [4.69, 9.17) is 4.74 Å². The summed E-state index contributed by atoms with van der Waals surface area (Å²) in [5.41, 5.74) is 2.75. The Morgan fingerprint density at radius 1 is 1.35 bits per heavy atom. The number of nitrogens with zero attached hydrogens (tertiary/aromatic N) is 4. The third-order valence-corrected chi connectivity index (χ3v) is 3.40. The zero-order chi connectivity index (χ0) is 14.3. The summed E-state index contributed by atoms with van der Waals surface area (Å²) in [6, 6.07) is 3.64. The van der Waals surface area contributed by atoms with Gasteiger partial charge in [0.15, 0.2) is 5.65 Å². The Hall–Kier alpha value is -2.37. The number of fused-ring (bicyclic) bond motifs is 3. The van der Waals surface area contributed by atoms with Gasteiger partial charge in [-0.15, -0.1) is 0 Å². The Labute approximate surface area is 115 Å². The predicted octanol–water partition coefficient (Wildman–Crippen LogP) is 1.77. The quantitative estimate of drug-likeness (QED) is 0.729. The molecule has 0 unspecified atom stereocenters.